The lowest BCUT2D eigenvalue weighted by Gasteiger charge is -2.58. The van der Waals surface area contributed by atoms with Crippen molar-refractivity contribution < 1.29 is 23.9 Å². The summed E-state index contributed by atoms with van der Waals surface area (Å²) in [6.07, 6.45) is 21.7. The van der Waals surface area contributed by atoms with Crippen LogP contribution in [0.2, 0.25) is 0 Å². The SMILES string of the molecule is CNC(=O)c1cc(Oc2ccc3nc(N[C@H]4CCCCC4OC(=O)CCC(=O)N[C@H]4CC[C@@]5(C)C(=CCC6C5CC[C@@]5(C)C6CC[C@@H]5[C@H](C)CCCC(C)C)C4)sc3c2)ccn1. The Morgan fingerprint density at radius 3 is 2.56 bits per heavy atom. The normalized spacial score (nSPS) is 31.0. The molecule has 2 heterocycles. The number of allylic oxidation sites excluding steroid dienone is 1. The molecule has 10 atom stereocenters. The Labute approximate surface area is 373 Å². The number of nitrogens with zero attached hydrogens (tertiary/aromatic N) is 2. The number of nitrogens with one attached hydrogen (secondary N) is 3. The van der Waals surface area contributed by atoms with Gasteiger partial charge in [-0.15, -0.1) is 0 Å². The minimum atomic E-state index is -0.318. The topological polar surface area (TPSA) is 132 Å². The highest BCUT2D eigenvalue weighted by Crippen LogP contribution is 2.67. The van der Waals surface area contributed by atoms with Gasteiger partial charge in [-0.2, -0.15) is 0 Å². The van der Waals surface area contributed by atoms with Crippen molar-refractivity contribution in [2.45, 2.75) is 162 Å². The van der Waals surface area contributed by atoms with E-state index in [1.54, 1.807) is 31.0 Å². The first kappa shape index (κ1) is 44.6. The van der Waals surface area contributed by atoms with Crippen LogP contribution in [0.15, 0.2) is 48.2 Å². The van der Waals surface area contributed by atoms with Crippen LogP contribution in [0.5, 0.6) is 11.5 Å². The van der Waals surface area contributed by atoms with Crippen LogP contribution >= 0.6 is 11.3 Å². The summed E-state index contributed by atoms with van der Waals surface area (Å²) in [6.45, 7) is 12.5. The van der Waals surface area contributed by atoms with Crippen molar-refractivity contribution in [3.63, 3.8) is 0 Å². The van der Waals surface area contributed by atoms with Gasteiger partial charge in [0.25, 0.3) is 5.91 Å². The second-order valence-corrected chi connectivity index (χ2v) is 21.6. The number of amides is 2. The Hall–Kier alpha value is -3.99. The summed E-state index contributed by atoms with van der Waals surface area (Å²) >= 11 is 1.52. The van der Waals surface area contributed by atoms with E-state index < -0.39 is 0 Å². The van der Waals surface area contributed by atoms with Gasteiger partial charge < -0.3 is 25.4 Å². The molecule has 0 radical (unpaired) electrons. The lowest BCUT2D eigenvalue weighted by molar-refractivity contribution is -0.152. The lowest BCUT2D eigenvalue weighted by atomic mass is 9.47. The van der Waals surface area contributed by atoms with E-state index in [1.165, 1.54) is 62.7 Å². The van der Waals surface area contributed by atoms with Gasteiger partial charge in [-0.25, -0.2) is 4.98 Å². The molecule has 4 fully saturated rings. The van der Waals surface area contributed by atoms with E-state index in [4.69, 9.17) is 14.5 Å². The molecular weight excluding hydrogens is 795 g/mol. The number of benzene rings is 1. The number of anilines is 1. The quantitative estimate of drug-likeness (QED) is 0.102. The molecule has 2 amide bonds. The Morgan fingerprint density at radius 1 is 0.919 bits per heavy atom. The smallest absolute Gasteiger partial charge is 0.306 e. The molecule has 0 bridgehead atoms. The molecule has 10 nitrogen and oxygen atoms in total. The average molecular weight is 866 g/mol. The summed E-state index contributed by atoms with van der Waals surface area (Å²) in [4.78, 5) is 47.5. The molecule has 1 aromatic carbocycles. The second kappa shape index (κ2) is 19.0. The van der Waals surface area contributed by atoms with Gasteiger partial charge in [-0.05, 0) is 135 Å². The molecule has 5 aliphatic carbocycles. The van der Waals surface area contributed by atoms with Gasteiger partial charge in [0, 0.05) is 37.8 Å². The molecule has 0 aliphatic heterocycles. The van der Waals surface area contributed by atoms with Gasteiger partial charge in [0.2, 0.25) is 5.91 Å². The van der Waals surface area contributed by atoms with Crippen LogP contribution in [0, 0.1) is 46.3 Å². The average Bonchev–Trinajstić information content (AvgIpc) is 3.83. The first-order valence-corrected chi connectivity index (χ1v) is 24.9. The van der Waals surface area contributed by atoms with E-state index in [0.29, 0.717) is 16.9 Å². The number of ether oxygens (including phenoxy) is 2. The van der Waals surface area contributed by atoms with Crippen molar-refractivity contribution in [2.24, 2.45) is 46.3 Å². The van der Waals surface area contributed by atoms with E-state index in [2.05, 4.69) is 61.6 Å². The van der Waals surface area contributed by atoms with Crippen LogP contribution in [0.25, 0.3) is 10.2 Å². The van der Waals surface area contributed by atoms with Crippen LogP contribution in [-0.2, 0) is 14.3 Å². The Balaban J connectivity index is 0.803. The maximum Gasteiger partial charge on any atom is 0.306 e. The van der Waals surface area contributed by atoms with Gasteiger partial charge in [0.15, 0.2) is 5.13 Å². The van der Waals surface area contributed by atoms with Gasteiger partial charge in [-0.1, -0.05) is 83.3 Å². The van der Waals surface area contributed by atoms with E-state index >= 15 is 0 Å². The fourth-order valence-corrected chi connectivity index (χ4v) is 14.0. The highest BCUT2D eigenvalue weighted by Gasteiger charge is 2.59. The van der Waals surface area contributed by atoms with Crippen LogP contribution < -0.4 is 20.7 Å². The zero-order valence-corrected chi connectivity index (χ0v) is 38.9. The summed E-state index contributed by atoms with van der Waals surface area (Å²) in [5.41, 5.74) is 3.43. The second-order valence-electron chi connectivity index (χ2n) is 20.6. The molecule has 0 saturated heterocycles. The van der Waals surface area contributed by atoms with Crippen molar-refractivity contribution in [2.75, 3.05) is 12.4 Å². The largest absolute Gasteiger partial charge is 0.460 e. The molecule has 3 N–H and O–H groups in total. The Kier molecular flexibility index (Phi) is 13.7. The first-order valence-electron chi connectivity index (χ1n) is 24.0. The van der Waals surface area contributed by atoms with E-state index in [1.807, 2.05) is 18.2 Å². The zero-order valence-electron chi connectivity index (χ0n) is 38.1. The third kappa shape index (κ3) is 9.58. The zero-order chi connectivity index (χ0) is 43.6. The summed E-state index contributed by atoms with van der Waals surface area (Å²) in [5, 5.41) is 10.2. The third-order valence-corrected chi connectivity index (χ3v) is 17.3. The molecule has 11 heteroatoms. The number of hydrogen-bond donors (Lipinski definition) is 3. The lowest BCUT2D eigenvalue weighted by Crippen LogP contribution is -2.52. The van der Waals surface area contributed by atoms with E-state index in [-0.39, 0.29) is 59.9 Å². The number of fused-ring (bicyclic) bond motifs is 6. The van der Waals surface area contributed by atoms with E-state index in [0.717, 1.165) is 95.8 Å². The fourth-order valence-electron chi connectivity index (χ4n) is 13.0. The van der Waals surface area contributed by atoms with Crippen LogP contribution in [-0.4, -0.2) is 53.0 Å². The third-order valence-electron chi connectivity index (χ3n) is 16.3. The maximum atomic E-state index is 13.3. The number of thiazole rings is 1. The molecule has 4 unspecified atom stereocenters. The predicted molar refractivity (Wildman–Crippen MR) is 247 cm³/mol. The molecule has 62 heavy (non-hydrogen) atoms. The molecule has 3 aromatic rings. The summed E-state index contributed by atoms with van der Waals surface area (Å²) in [5.74, 6) is 5.40. The number of pyridine rings is 1. The maximum absolute atomic E-state index is 13.3. The van der Waals surface area contributed by atoms with Gasteiger partial charge in [0.05, 0.1) is 22.7 Å². The van der Waals surface area contributed by atoms with Crippen molar-refractivity contribution in [3.05, 3.63) is 53.9 Å². The number of rotatable bonds is 15. The summed E-state index contributed by atoms with van der Waals surface area (Å²) in [7, 11) is 1.57. The number of carbonyl (C=O) groups excluding carboxylic acids is 3. The van der Waals surface area contributed by atoms with Gasteiger partial charge >= 0.3 is 5.97 Å². The number of hydrogen-bond acceptors (Lipinski definition) is 9. The minimum Gasteiger partial charge on any atom is -0.460 e. The van der Waals surface area contributed by atoms with E-state index in [9.17, 15) is 14.4 Å². The van der Waals surface area contributed by atoms with Gasteiger partial charge in [0.1, 0.15) is 23.3 Å². The van der Waals surface area contributed by atoms with Crippen molar-refractivity contribution in [1.29, 1.82) is 0 Å². The molecule has 336 valence electrons. The van der Waals surface area contributed by atoms with Crippen LogP contribution in [0.4, 0.5) is 5.13 Å². The fraction of sp³-hybridized carbons (Fsp3) is 0.667. The van der Waals surface area contributed by atoms with Crippen LogP contribution in [0.3, 0.4) is 0 Å². The Bertz CT molecular complexity index is 2120. The molecular formula is C51H71N5O5S. The molecule has 8 rings (SSSR count). The van der Waals surface area contributed by atoms with Gasteiger partial charge in [-0.3, -0.25) is 19.4 Å². The predicted octanol–water partition coefficient (Wildman–Crippen LogP) is 11.4. The number of esters is 1. The minimum absolute atomic E-state index is 0.0512. The highest BCUT2D eigenvalue weighted by atomic mass is 32.1. The molecule has 0 spiro atoms. The van der Waals surface area contributed by atoms with Crippen LogP contribution in [0.1, 0.15) is 154 Å². The van der Waals surface area contributed by atoms with Crippen molar-refractivity contribution >= 4 is 44.5 Å². The first-order chi connectivity index (χ1) is 29.8. The summed E-state index contributed by atoms with van der Waals surface area (Å²) in [6, 6.07) is 9.09. The summed E-state index contributed by atoms with van der Waals surface area (Å²) < 4.78 is 13.1. The monoisotopic (exact) mass is 866 g/mol. The molecule has 4 saturated carbocycles. The standard InChI is InChI=1S/C51H71N5O5S/c1-31(2)10-9-11-32(3)38-17-18-39-37-16-14-33-28-34(22-25-50(33,4)40(37)23-26-51(38,39)5)54-46(57)20-21-47(58)61-44-13-8-7-12-41(44)55-49-56-42-19-15-35(30-45(42)62-49)60-36-24-27-53-43(29-36)48(59)52-6/h14-15,19,24,27,29-32,34,37-41,44H,7-13,16-18,20-23,25-26,28H2,1-6H3,(H,52,59)(H,54,57)(H,55,56)/t32-,34+,37?,38-,39?,40?,41+,44?,50+,51-/m1/s1. The molecule has 5 aliphatic rings. The molecule has 2 aromatic heterocycles. The van der Waals surface area contributed by atoms with Crippen molar-refractivity contribution in [1.82, 2.24) is 20.6 Å². The van der Waals surface area contributed by atoms with Crippen molar-refractivity contribution in [3.8, 4) is 11.5 Å². The highest BCUT2D eigenvalue weighted by molar-refractivity contribution is 7.22. The number of aromatic nitrogens is 2. The number of carbonyl (C=O) groups is 3. The Morgan fingerprint density at radius 2 is 1.74 bits per heavy atom.